The van der Waals surface area contributed by atoms with E-state index in [2.05, 4.69) is 11.0 Å². The number of ether oxygens (including phenoxy) is 1. The molecular formula is C19H22FN2O2+. The number of anilines is 1. The van der Waals surface area contributed by atoms with Crippen LogP contribution in [0.2, 0.25) is 0 Å². The highest BCUT2D eigenvalue weighted by molar-refractivity contribution is 5.96. The highest BCUT2D eigenvalue weighted by atomic mass is 19.1. The Hall–Kier alpha value is -2.40. The normalized spacial score (nSPS) is 15.3. The minimum atomic E-state index is -0.315. The third-order valence-corrected chi connectivity index (χ3v) is 4.47. The van der Waals surface area contributed by atoms with E-state index in [0.29, 0.717) is 12.1 Å². The van der Waals surface area contributed by atoms with E-state index < -0.39 is 0 Å². The maximum atomic E-state index is 12.9. The molecule has 0 atom stereocenters. The van der Waals surface area contributed by atoms with E-state index in [0.717, 1.165) is 37.6 Å². The van der Waals surface area contributed by atoms with E-state index in [4.69, 9.17) is 4.74 Å². The van der Waals surface area contributed by atoms with Crippen LogP contribution in [-0.4, -0.2) is 45.6 Å². The molecule has 2 aromatic carbocycles. The van der Waals surface area contributed by atoms with Crippen LogP contribution < -0.4 is 14.5 Å². The molecule has 2 aromatic rings. The number of benzene rings is 2. The maximum Gasteiger partial charge on any atom is 0.216 e. The number of halogens is 1. The lowest BCUT2D eigenvalue weighted by molar-refractivity contribution is -0.892. The van der Waals surface area contributed by atoms with Crippen molar-refractivity contribution < 1.29 is 18.8 Å². The number of hydrogen-bond donors (Lipinski definition) is 1. The van der Waals surface area contributed by atoms with Gasteiger partial charge in [0.15, 0.2) is 0 Å². The summed E-state index contributed by atoms with van der Waals surface area (Å²) in [5.41, 5.74) is 1.68. The van der Waals surface area contributed by atoms with Gasteiger partial charge in [-0.15, -0.1) is 0 Å². The minimum absolute atomic E-state index is 0.0655. The van der Waals surface area contributed by atoms with Gasteiger partial charge in [0.05, 0.1) is 39.0 Å². The lowest BCUT2D eigenvalue weighted by atomic mass is 10.1. The quantitative estimate of drug-likeness (QED) is 0.843. The summed E-state index contributed by atoms with van der Waals surface area (Å²) in [6, 6.07) is 13.8. The Balaban J connectivity index is 1.57. The van der Waals surface area contributed by atoms with Crippen molar-refractivity contribution in [2.45, 2.75) is 0 Å². The molecule has 126 valence electrons. The van der Waals surface area contributed by atoms with E-state index in [1.165, 1.54) is 17.0 Å². The van der Waals surface area contributed by atoms with Crippen LogP contribution >= 0.6 is 0 Å². The van der Waals surface area contributed by atoms with Crippen LogP contribution in [0, 0.1) is 5.82 Å². The van der Waals surface area contributed by atoms with Gasteiger partial charge in [-0.25, -0.2) is 4.39 Å². The first-order valence-electron chi connectivity index (χ1n) is 8.17. The lowest BCUT2D eigenvalue weighted by Gasteiger charge is -2.34. The molecule has 0 spiro atoms. The van der Waals surface area contributed by atoms with Gasteiger partial charge in [-0.1, -0.05) is 12.1 Å². The number of Topliss-reactive ketones (excluding diaryl/α,β-unsaturated/α-hetero) is 1. The van der Waals surface area contributed by atoms with E-state index in [1.807, 2.05) is 18.2 Å². The predicted molar refractivity (Wildman–Crippen MR) is 91.5 cm³/mol. The van der Waals surface area contributed by atoms with Gasteiger partial charge < -0.3 is 14.5 Å². The molecule has 24 heavy (non-hydrogen) atoms. The summed E-state index contributed by atoms with van der Waals surface area (Å²) in [5, 5.41) is 0. The van der Waals surface area contributed by atoms with Crippen LogP contribution in [0.5, 0.6) is 5.75 Å². The summed E-state index contributed by atoms with van der Waals surface area (Å²) in [5.74, 6) is 0.628. The Labute approximate surface area is 141 Å². The number of piperazine rings is 1. The topological polar surface area (TPSA) is 34.0 Å². The minimum Gasteiger partial charge on any atom is -0.495 e. The Morgan fingerprint density at radius 3 is 2.46 bits per heavy atom. The van der Waals surface area contributed by atoms with Crippen molar-refractivity contribution in [3.8, 4) is 5.75 Å². The largest absolute Gasteiger partial charge is 0.495 e. The molecule has 1 aliphatic rings. The van der Waals surface area contributed by atoms with Gasteiger partial charge in [-0.05, 0) is 36.4 Å². The summed E-state index contributed by atoms with van der Waals surface area (Å²) < 4.78 is 18.4. The van der Waals surface area contributed by atoms with Gasteiger partial charge in [0.1, 0.15) is 18.1 Å². The standard InChI is InChI=1S/C19H21FN2O2/c1-24-19-5-3-2-4-17(19)22-12-10-21(11-13-22)14-18(23)15-6-8-16(20)9-7-15/h2-9H,10-14H2,1H3/p+1. The molecule has 3 rings (SSSR count). The van der Waals surface area contributed by atoms with E-state index in [1.54, 1.807) is 19.2 Å². The second-order valence-corrected chi connectivity index (χ2v) is 6.02. The number of carbonyl (C=O) groups is 1. The Kier molecular flexibility index (Phi) is 5.11. The van der Waals surface area contributed by atoms with Crippen molar-refractivity contribution in [3.05, 3.63) is 59.9 Å². The van der Waals surface area contributed by atoms with Crippen LogP contribution in [0.25, 0.3) is 0 Å². The number of nitrogens with zero attached hydrogens (tertiary/aromatic N) is 1. The lowest BCUT2D eigenvalue weighted by Crippen LogP contribution is -3.15. The van der Waals surface area contributed by atoms with Crippen LogP contribution in [0.3, 0.4) is 0 Å². The number of ketones is 1. The van der Waals surface area contributed by atoms with E-state index in [-0.39, 0.29) is 11.6 Å². The van der Waals surface area contributed by atoms with Crippen molar-refractivity contribution in [3.63, 3.8) is 0 Å². The summed E-state index contributed by atoms with van der Waals surface area (Å²) >= 11 is 0. The number of carbonyl (C=O) groups excluding carboxylic acids is 1. The average Bonchev–Trinajstić information content (AvgIpc) is 2.63. The van der Waals surface area contributed by atoms with Gasteiger partial charge in [0.2, 0.25) is 5.78 Å². The molecule has 1 aliphatic heterocycles. The number of para-hydroxylation sites is 2. The number of nitrogens with one attached hydrogen (secondary N) is 1. The Bertz CT molecular complexity index is 695. The van der Waals surface area contributed by atoms with Crippen molar-refractivity contribution in [2.75, 3.05) is 44.7 Å². The molecular weight excluding hydrogens is 307 g/mol. The molecule has 0 radical (unpaired) electrons. The van der Waals surface area contributed by atoms with Crippen molar-refractivity contribution in [2.24, 2.45) is 0 Å². The smallest absolute Gasteiger partial charge is 0.216 e. The SMILES string of the molecule is COc1ccccc1N1CC[NH+](CC(=O)c2ccc(F)cc2)CC1. The molecule has 0 aromatic heterocycles. The third kappa shape index (κ3) is 3.74. The molecule has 1 N–H and O–H groups in total. The maximum absolute atomic E-state index is 12.9. The first kappa shape index (κ1) is 16.5. The average molecular weight is 329 g/mol. The van der Waals surface area contributed by atoms with Crippen LogP contribution in [0.4, 0.5) is 10.1 Å². The highest BCUT2D eigenvalue weighted by Crippen LogP contribution is 2.27. The van der Waals surface area contributed by atoms with Crippen LogP contribution in [-0.2, 0) is 0 Å². The molecule has 0 aliphatic carbocycles. The van der Waals surface area contributed by atoms with Gasteiger partial charge in [0, 0.05) is 5.56 Å². The summed E-state index contributed by atoms with van der Waals surface area (Å²) in [7, 11) is 1.68. The molecule has 4 nitrogen and oxygen atoms in total. The molecule has 0 amide bonds. The van der Waals surface area contributed by atoms with Crippen LogP contribution in [0.15, 0.2) is 48.5 Å². The first-order chi connectivity index (χ1) is 11.7. The molecule has 1 fully saturated rings. The second kappa shape index (κ2) is 7.45. The van der Waals surface area contributed by atoms with Gasteiger partial charge in [-0.3, -0.25) is 4.79 Å². The van der Waals surface area contributed by atoms with Crippen molar-refractivity contribution >= 4 is 11.5 Å². The van der Waals surface area contributed by atoms with Crippen molar-refractivity contribution in [1.29, 1.82) is 0 Å². The van der Waals surface area contributed by atoms with Gasteiger partial charge >= 0.3 is 0 Å². The second-order valence-electron chi connectivity index (χ2n) is 6.02. The Morgan fingerprint density at radius 1 is 1.12 bits per heavy atom. The number of methoxy groups -OCH3 is 1. The molecule has 0 saturated carbocycles. The van der Waals surface area contributed by atoms with E-state index >= 15 is 0 Å². The third-order valence-electron chi connectivity index (χ3n) is 4.47. The number of quaternary nitrogens is 1. The zero-order valence-corrected chi connectivity index (χ0v) is 13.8. The molecule has 1 heterocycles. The van der Waals surface area contributed by atoms with Gasteiger partial charge in [-0.2, -0.15) is 0 Å². The predicted octanol–water partition coefficient (Wildman–Crippen LogP) is 1.42. The first-order valence-corrected chi connectivity index (χ1v) is 8.17. The zero-order chi connectivity index (χ0) is 16.9. The summed E-state index contributed by atoms with van der Waals surface area (Å²) in [6.07, 6.45) is 0. The number of hydrogen-bond acceptors (Lipinski definition) is 3. The summed E-state index contributed by atoms with van der Waals surface area (Å²) in [4.78, 5) is 15.9. The zero-order valence-electron chi connectivity index (χ0n) is 13.8. The molecule has 0 unspecified atom stereocenters. The van der Waals surface area contributed by atoms with Gasteiger partial charge in [0.25, 0.3) is 0 Å². The molecule has 1 saturated heterocycles. The van der Waals surface area contributed by atoms with Crippen LogP contribution in [0.1, 0.15) is 10.4 Å². The Morgan fingerprint density at radius 2 is 1.79 bits per heavy atom. The molecule has 5 heteroatoms. The summed E-state index contributed by atoms with van der Waals surface area (Å²) in [6.45, 7) is 4.00. The fourth-order valence-electron chi connectivity index (χ4n) is 3.10. The van der Waals surface area contributed by atoms with E-state index in [9.17, 15) is 9.18 Å². The van der Waals surface area contributed by atoms with Crippen molar-refractivity contribution in [1.82, 2.24) is 0 Å². The fraction of sp³-hybridized carbons (Fsp3) is 0.316. The monoisotopic (exact) mass is 329 g/mol. The molecule has 0 bridgehead atoms. The number of rotatable bonds is 5. The highest BCUT2D eigenvalue weighted by Gasteiger charge is 2.24. The fourth-order valence-corrected chi connectivity index (χ4v) is 3.10.